The Bertz CT molecular complexity index is 625. The maximum absolute atomic E-state index is 13.1. The minimum absolute atomic E-state index is 0.00862. The van der Waals surface area contributed by atoms with Gasteiger partial charge in [-0.3, -0.25) is 9.59 Å². The molecule has 2 rings (SSSR count). The average Bonchev–Trinajstić information content (AvgIpc) is 3.07. The third-order valence-corrected chi connectivity index (χ3v) is 5.17. The Morgan fingerprint density at radius 3 is 2.50 bits per heavy atom. The molecule has 1 aromatic carbocycles. The molecule has 0 saturated carbocycles. The van der Waals surface area contributed by atoms with E-state index in [0.29, 0.717) is 38.5 Å². The third-order valence-electron chi connectivity index (χ3n) is 5.17. The van der Waals surface area contributed by atoms with Crippen LogP contribution in [0, 0.1) is 11.8 Å². The van der Waals surface area contributed by atoms with E-state index in [2.05, 4.69) is 0 Å². The van der Waals surface area contributed by atoms with Gasteiger partial charge in [-0.1, -0.05) is 26.0 Å². The molecule has 144 valence electrons. The summed E-state index contributed by atoms with van der Waals surface area (Å²) in [6.45, 7) is 10.6. The van der Waals surface area contributed by atoms with E-state index >= 15 is 0 Å². The number of rotatable bonds is 7. The molecule has 0 aliphatic carbocycles. The Balaban J connectivity index is 2.30. The standard InChI is InChI=1S/C21H32N2O3/c1-6-22(7-2)21(25)19-14-23(20(24)11-15(3)4)13-18(19)16-9-8-10-17(12-16)26-5/h8-10,12,15,18-19H,6-7,11,13-14H2,1-5H3/t18-,19+/m0/s1. The van der Waals surface area contributed by atoms with Gasteiger partial charge in [0, 0.05) is 38.5 Å². The molecule has 1 aliphatic rings. The van der Waals surface area contributed by atoms with Crippen molar-refractivity contribution in [3.8, 4) is 5.75 Å². The van der Waals surface area contributed by atoms with E-state index in [4.69, 9.17) is 4.74 Å². The van der Waals surface area contributed by atoms with Crippen LogP contribution in [0.15, 0.2) is 24.3 Å². The number of hydrogen-bond donors (Lipinski definition) is 0. The molecule has 1 saturated heterocycles. The summed E-state index contributed by atoms with van der Waals surface area (Å²) in [4.78, 5) is 29.4. The van der Waals surface area contributed by atoms with Crippen LogP contribution in [0.5, 0.6) is 5.75 Å². The summed E-state index contributed by atoms with van der Waals surface area (Å²) in [7, 11) is 1.64. The molecule has 1 aliphatic heterocycles. The van der Waals surface area contributed by atoms with Gasteiger partial charge in [0.1, 0.15) is 5.75 Å². The summed E-state index contributed by atoms with van der Waals surface area (Å²) < 4.78 is 5.35. The van der Waals surface area contributed by atoms with Gasteiger partial charge in [0.25, 0.3) is 0 Å². The second-order valence-electron chi connectivity index (χ2n) is 7.40. The Morgan fingerprint density at radius 1 is 1.23 bits per heavy atom. The molecular formula is C21H32N2O3. The molecule has 5 heteroatoms. The predicted octanol–water partition coefficient (Wildman–Crippen LogP) is 3.15. The van der Waals surface area contributed by atoms with Gasteiger partial charge in [0.15, 0.2) is 0 Å². The lowest BCUT2D eigenvalue weighted by molar-refractivity contribution is -0.135. The second-order valence-corrected chi connectivity index (χ2v) is 7.40. The van der Waals surface area contributed by atoms with Crippen LogP contribution >= 0.6 is 0 Å². The SMILES string of the molecule is CCN(CC)C(=O)[C@@H]1CN(C(=O)CC(C)C)C[C@H]1c1cccc(OC)c1. The van der Waals surface area contributed by atoms with E-state index in [1.165, 1.54) is 0 Å². The summed E-state index contributed by atoms with van der Waals surface area (Å²) in [6, 6.07) is 7.88. The number of hydrogen-bond acceptors (Lipinski definition) is 3. The van der Waals surface area contributed by atoms with Crippen molar-refractivity contribution in [2.24, 2.45) is 11.8 Å². The summed E-state index contributed by atoms with van der Waals surface area (Å²) >= 11 is 0. The highest BCUT2D eigenvalue weighted by atomic mass is 16.5. The Labute approximate surface area is 157 Å². The smallest absolute Gasteiger partial charge is 0.228 e. The third kappa shape index (κ3) is 4.57. The minimum atomic E-state index is -0.196. The molecule has 1 heterocycles. The first-order chi connectivity index (χ1) is 12.4. The zero-order chi connectivity index (χ0) is 19.3. The quantitative estimate of drug-likeness (QED) is 0.750. The highest BCUT2D eigenvalue weighted by molar-refractivity contribution is 5.83. The van der Waals surface area contributed by atoms with Crippen LogP contribution in [0.1, 0.15) is 45.6 Å². The lowest BCUT2D eigenvalue weighted by Crippen LogP contribution is -2.39. The number of carbonyl (C=O) groups is 2. The zero-order valence-electron chi connectivity index (χ0n) is 16.7. The molecule has 26 heavy (non-hydrogen) atoms. The fourth-order valence-electron chi connectivity index (χ4n) is 3.72. The number of methoxy groups -OCH3 is 1. The molecule has 5 nitrogen and oxygen atoms in total. The predicted molar refractivity (Wildman–Crippen MR) is 103 cm³/mol. The molecule has 0 unspecified atom stereocenters. The van der Waals surface area contributed by atoms with Gasteiger partial charge in [-0.25, -0.2) is 0 Å². The van der Waals surface area contributed by atoms with Gasteiger partial charge in [-0.15, -0.1) is 0 Å². The van der Waals surface area contributed by atoms with Crippen molar-refractivity contribution < 1.29 is 14.3 Å². The molecule has 0 spiro atoms. The summed E-state index contributed by atoms with van der Waals surface area (Å²) in [6.07, 6.45) is 0.525. The fraction of sp³-hybridized carbons (Fsp3) is 0.619. The van der Waals surface area contributed by atoms with Gasteiger partial charge in [0.2, 0.25) is 11.8 Å². The second kappa shape index (κ2) is 9.06. The summed E-state index contributed by atoms with van der Waals surface area (Å²) in [5.41, 5.74) is 1.06. The first-order valence-corrected chi connectivity index (χ1v) is 9.61. The molecule has 1 aromatic rings. The van der Waals surface area contributed by atoms with Crippen molar-refractivity contribution in [3.63, 3.8) is 0 Å². The van der Waals surface area contributed by atoms with Crippen LogP contribution in [0.2, 0.25) is 0 Å². The number of benzene rings is 1. The van der Waals surface area contributed by atoms with Crippen molar-refractivity contribution >= 4 is 11.8 Å². The van der Waals surface area contributed by atoms with Crippen LogP contribution in [0.4, 0.5) is 0 Å². The molecule has 0 N–H and O–H groups in total. The van der Waals surface area contributed by atoms with Gasteiger partial charge in [-0.05, 0) is 37.5 Å². The molecule has 0 bridgehead atoms. The molecular weight excluding hydrogens is 328 g/mol. The van der Waals surface area contributed by atoms with Crippen molar-refractivity contribution in [2.75, 3.05) is 33.3 Å². The van der Waals surface area contributed by atoms with E-state index in [9.17, 15) is 9.59 Å². The average molecular weight is 360 g/mol. The highest BCUT2D eigenvalue weighted by Gasteiger charge is 2.41. The van der Waals surface area contributed by atoms with Crippen molar-refractivity contribution in [1.29, 1.82) is 0 Å². The number of amides is 2. The minimum Gasteiger partial charge on any atom is -0.497 e. The van der Waals surface area contributed by atoms with E-state index in [-0.39, 0.29) is 23.7 Å². The number of carbonyl (C=O) groups excluding carboxylic acids is 2. The molecule has 0 radical (unpaired) electrons. The van der Waals surface area contributed by atoms with Crippen LogP contribution < -0.4 is 4.74 Å². The molecule has 2 amide bonds. The van der Waals surface area contributed by atoms with Crippen LogP contribution in [0.25, 0.3) is 0 Å². The lowest BCUT2D eigenvalue weighted by Gasteiger charge is -2.26. The fourth-order valence-corrected chi connectivity index (χ4v) is 3.72. The van der Waals surface area contributed by atoms with Gasteiger partial charge >= 0.3 is 0 Å². The number of ether oxygens (including phenoxy) is 1. The van der Waals surface area contributed by atoms with Crippen LogP contribution in [-0.4, -0.2) is 54.9 Å². The Hall–Kier alpha value is -2.04. The lowest BCUT2D eigenvalue weighted by atomic mass is 9.88. The van der Waals surface area contributed by atoms with E-state index in [1.54, 1.807) is 7.11 Å². The topological polar surface area (TPSA) is 49.9 Å². The number of likely N-dealkylation sites (tertiary alicyclic amines) is 1. The van der Waals surface area contributed by atoms with Crippen LogP contribution in [-0.2, 0) is 9.59 Å². The highest BCUT2D eigenvalue weighted by Crippen LogP contribution is 2.36. The zero-order valence-corrected chi connectivity index (χ0v) is 16.7. The first-order valence-electron chi connectivity index (χ1n) is 9.61. The van der Waals surface area contributed by atoms with E-state index in [0.717, 1.165) is 11.3 Å². The molecule has 2 atom stereocenters. The summed E-state index contributed by atoms with van der Waals surface area (Å²) in [5.74, 6) is 1.19. The number of nitrogens with zero attached hydrogens (tertiary/aromatic N) is 2. The Kier molecular flexibility index (Phi) is 7.06. The van der Waals surface area contributed by atoms with Gasteiger partial charge in [-0.2, -0.15) is 0 Å². The normalized spacial score (nSPS) is 19.7. The van der Waals surface area contributed by atoms with Crippen molar-refractivity contribution in [3.05, 3.63) is 29.8 Å². The first kappa shape index (κ1) is 20.3. The Morgan fingerprint density at radius 2 is 1.92 bits per heavy atom. The van der Waals surface area contributed by atoms with E-state index in [1.807, 2.05) is 61.8 Å². The molecule has 0 aromatic heterocycles. The molecule has 1 fully saturated rings. The van der Waals surface area contributed by atoms with Gasteiger partial charge in [0.05, 0.1) is 13.0 Å². The largest absolute Gasteiger partial charge is 0.497 e. The summed E-state index contributed by atoms with van der Waals surface area (Å²) in [5, 5.41) is 0. The monoisotopic (exact) mass is 360 g/mol. The maximum Gasteiger partial charge on any atom is 0.228 e. The van der Waals surface area contributed by atoms with E-state index < -0.39 is 0 Å². The van der Waals surface area contributed by atoms with Crippen LogP contribution in [0.3, 0.4) is 0 Å². The maximum atomic E-state index is 13.1. The van der Waals surface area contributed by atoms with Gasteiger partial charge < -0.3 is 14.5 Å². The van der Waals surface area contributed by atoms with Crippen molar-refractivity contribution in [2.45, 2.75) is 40.0 Å². The van der Waals surface area contributed by atoms with Crippen molar-refractivity contribution in [1.82, 2.24) is 9.80 Å².